The molecular weight excluding hydrogens is 497 g/mol. The van der Waals surface area contributed by atoms with Crippen LogP contribution in [0.1, 0.15) is 48.6 Å². The number of ether oxygens (including phenoxy) is 1. The van der Waals surface area contributed by atoms with Crippen LogP contribution in [-0.4, -0.2) is 77.0 Å². The van der Waals surface area contributed by atoms with Crippen LogP contribution in [0.3, 0.4) is 0 Å². The number of piperazine rings is 1. The fraction of sp³-hybridized carbons (Fsp3) is 0.467. The van der Waals surface area contributed by atoms with Gasteiger partial charge in [0.25, 0.3) is 5.91 Å². The number of carbonyl (C=O) groups is 1. The molecular formula is C30H38FN5O3. The summed E-state index contributed by atoms with van der Waals surface area (Å²) in [7, 11) is 1.61. The van der Waals surface area contributed by atoms with Crippen molar-refractivity contribution in [1.29, 1.82) is 0 Å². The van der Waals surface area contributed by atoms with E-state index >= 15 is 0 Å². The third kappa shape index (κ3) is 5.85. The van der Waals surface area contributed by atoms with Gasteiger partial charge in [0.15, 0.2) is 5.69 Å². The first-order valence-electron chi connectivity index (χ1n) is 13.9. The van der Waals surface area contributed by atoms with Gasteiger partial charge in [-0.3, -0.25) is 4.79 Å². The molecule has 2 aliphatic rings. The molecule has 1 aliphatic carbocycles. The molecule has 0 bridgehead atoms. The SMILES string of the molecule is COC[C@]1(O)CCCC[C@H]1n1cnc(C(=O)N2CCNC[C@H]2CCNc2ccccc2F)c1-c1ccccc1. The number of nitrogens with zero attached hydrogens (tertiary/aromatic N) is 3. The quantitative estimate of drug-likeness (QED) is 0.382. The number of benzene rings is 2. The summed E-state index contributed by atoms with van der Waals surface area (Å²) in [6.07, 6.45) is 5.70. The molecule has 39 heavy (non-hydrogen) atoms. The number of hydrogen-bond donors (Lipinski definition) is 3. The molecule has 0 radical (unpaired) electrons. The lowest BCUT2D eigenvalue weighted by atomic mass is 9.80. The van der Waals surface area contributed by atoms with Gasteiger partial charge in [-0.05, 0) is 31.4 Å². The summed E-state index contributed by atoms with van der Waals surface area (Å²) in [5.74, 6) is -0.419. The number of rotatable bonds is 9. The maximum Gasteiger partial charge on any atom is 0.275 e. The van der Waals surface area contributed by atoms with Crippen molar-refractivity contribution < 1.29 is 19.0 Å². The lowest BCUT2D eigenvalue weighted by Crippen LogP contribution is -2.54. The van der Waals surface area contributed by atoms with E-state index in [1.54, 1.807) is 31.6 Å². The van der Waals surface area contributed by atoms with Gasteiger partial charge in [0.2, 0.25) is 0 Å². The van der Waals surface area contributed by atoms with E-state index in [0.717, 1.165) is 30.5 Å². The average Bonchev–Trinajstić information content (AvgIpc) is 3.39. The van der Waals surface area contributed by atoms with Gasteiger partial charge < -0.3 is 29.9 Å². The second-order valence-corrected chi connectivity index (χ2v) is 10.6. The van der Waals surface area contributed by atoms with Crippen LogP contribution in [0.4, 0.5) is 10.1 Å². The molecule has 0 spiro atoms. The minimum atomic E-state index is -1.03. The van der Waals surface area contributed by atoms with Crippen LogP contribution in [0, 0.1) is 5.82 Å². The first-order valence-corrected chi connectivity index (χ1v) is 13.9. The molecule has 2 heterocycles. The van der Waals surface area contributed by atoms with Crippen molar-refractivity contribution in [2.45, 2.75) is 49.8 Å². The maximum absolute atomic E-state index is 14.1. The molecule has 3 atom stereocenters. The summed E-state index contributed by atoms with van der Waals surface area (Å²) in [6.45, 7) is 2.66. The topological polar surface area (TPSA) is 91.6 Å². The molecule has 2 aromatic carbocycles. The maximum atomic E-state index is 14.1. The minimum absolute atomic E-state index is 0.0700. The molecule has 5 rings (SSSR count). The van der Waals surface area contributed by atoms with Gasteiger partial charge in [0.1, 0.15) is 11.4 Å². The Labute approximate surface area is 229 Å². The highest BCUT2D eigenvalue weighted by molar-refractivity contribution is 5.98. The van der Waals surface area contributed by atoms with Crippen LogP contribution in [0.25, 0.3) is 11.3 Å². The third-order valence-corrected chi connectivity index (χ3v) is 8.01. The highest BCUT2D eigenvalue weighted by atomic mass is 19.1. The van der Waals surface area contributed by atoms with Gasteiger partial charge in [-0.15, -0.1) is 0 Å². The highest BCUT2D eigenvalue weighted by Crippen LogP contribution is 2.41. The largest absolute Gasteiger partial charge is 0.385 e. The number of carbonyl (C=O) groups excluding carboxylic acids is 1. The van der Waals surface area contributed by atoms with E-state index < -0.39 is 5.60 Å². The number of halogens is 1. The van der Waals surface area contributed by atoms with Crippen molar-refractivity contribution >= 4 is 11.6 Å². The normalized spacial score (nSPS) is 23.5. The number of hydrogen-bond acceptors (Lipinski definition) is 6. The van der Waals surface area contributed by atoms with Crippen molar-refractivity contribution in [2.24, 2.45) is 0 Å². The molecule has 1 saturated heterocycles. The lowest BCUT2D eigenvalue weighted by Gasteiger charge is -2.41. The fourth-order valence-electron chi connectivity index (χ4n) is 6.06. The van der Waals surface area contributed by atoms with Gasteiger partial charge in [-0.1, -0.05) is 55.3 Å². The predicted octanol–water partition coefficient (Wildman–Crippen LogP) is 4.10. The molecule has 3 N–H and O–H groups in total. The van der Waals surface area contributed by atoms with E-state index in [-0.39, 0.29) is 30.4 Å². The second-order valence-electron chi connectivity index (χ2n) is 10.6. The molecule has 1 saturated carbocycles. The molecule has 208 valence electrons. The standard InChI is InChI=1S/C30H38FN5O3/c1-39-20-30(38)15-8-7-13-26(30)36-21-34-27(28(36)22-9-3-2-4-10-22)29(37)35-18-17-32-19-23(35)14-16-33-25-12-6-5-11-24(25)31/h2-6,9-12,21,23,26,32-33,38H,7-8,13-20H2,1H3/t23-,26-,30-/m1/s1. The van der Waals surface area contributed by atoms with Crippen molar-refractivity contribution in [2.75, 3.05) is 45.2 Å². The number of aliphatic hydroxyl groups is 1. The van der Waals surface area contributed by atoms with Gasteiger partial charge in [-0.2, -0.15) is 0 Å². The van der Waals surface area contributed by atoms with Crippen LogP contribution >= 0.6 is 0 Å². The predicted molar refractivity (Wildman–Crippen MR) is 149 cm³/mol. The van der Waals surface area contributed by atoms with Crippen LogP contribution in [0.15, 0.2) is 60.9 Å². The molecule has 3 aromatic rings. The monoisotopic (exact) mass is 535 g/mol. The number of anilines is 1. The van der Waals surface area contributed by atoms with E-state index in [0.29, 0.717) is 50.4 Å². The number of methoxy groups -OCH3 is 1. The number of imidazole rings is 1. The number of amides is 1. The summed E-state index contributed by atoms with van der Waals surface area (Å²) in [5.41, 5.74) is 1.43. The van der Waals surface area contributed by atoms with Crippen LogP contribution in [0.5, 0.6) is 0 Å². The van der Waals surface area contributed by atoms with Crippen molar-refractivity contribution in [3.63, 3.8) is 0 Å². The Morgan fingerprint density at radius 2 is 2.00 bits per heavy atom. The Hall–Kier alpha value is -3.27. The highest BCUT2D eigenvalue weighted by Gasteiger charge is 2.42. The molecule has 0 unspecified atom stereocenters. The number of aromatic nitrogens is 2. The number of nitrogens with one attached hydrogen (secondary N) is 2. The van der Waals surface area contributed by atoms with E-state index in [4.69, 9.17) is 4.74 Å². The third-order valence-electron chi connectivity index (χ3n) is 8.01. The minimum Gasteiger partial charge on any atom is -0.385 e. The number of para-hydroxylation sites is 1. The van der Waals surface area contributed by atoms with E-state index in [1.807, 2.05) is 39.8 Å². The van der Waals surface area contributed by atoms with Gasteiger partial charge in [-0.25, -0.2) is 9.37 Å². The fourth-order valence-corrected chi connectivity index (χ4v) is 6.06. The van der Waals surface area contributed by atoms with E-state index in [2.05, 4.69) is 15.6 Å². The van der Waals surface area contributed by atoms with Crippen LogP contribution in [0.2, 0.25) is 0 Å². The zero-order valence-corrected chi connectivity index (χ0v) is 22.5. The Balaban J connectivity index is 1.43. The van der Waals surface area contributed by atoms with Crippen molar-refractivity contribution in [1.82, 2.24) is 19.8 Å². The Morgan fingerprint density at radius 3 is 2.79 bits per heavy atom. The summed E-state index contributed by atoms with van der Waals surface area (Å²) >= 11 is 0. The first kappa shape index (κ1) is 27.3. The van der Waals surface area contributed by atoms with Crippen molar-refractivity contribution in [3.8, 4) is 11.3 Å². The molecule has 1 amide bonds. The summed E-state index contributed by atoms with van der Waals surface area (Å²) < 4.78 is 21.5. The summed E-state index contributed by atoms with van der Waals surface area (Å²) in [6, 6.07) is 16.1. The molecule has 1 aromatic heterocycles. The molecule has 9 heteroatoms. The molecule has 2 fully saturated rings. The van der Waals surface area contributed by atoms with Gasteiger partial charge >= 0.3 is 0 Å². The lowest BCUT2D eigenvalue weighted by molar-refractivity contribution is -0.0893. The molecule has 1 aliphatic heterocycles. The zero-order valence-electron chi connectivity index (χ0n) is 22.5. The smallest absolute Gasteiger partial charge is 0.275 e. The molecule has 8 nitrogen and oxygen atoms in total. The second kappa shape index (κ2) is 12.3. The summed E-state index contributed by atoms with van der Waals surface area (Å²) in [4.78, 5) is 20.7. The average molecular weight is 536 g/mol. The Morgan fingerprint density at radius 1 is 1.21 bits per heavy atom. The van der Waals surface area contributed by atoms with Gasteiger partial charge in [0.05, 0.1) is 30.4 Å². The zero-order chi connectivity index (χ0) is 27.2. The van der Waals surface area contributed by atoms with E-state index in [9.17, 15) is 14.3 Å². The summed E-state index contributed by atoms with van der Waals surface area (Å²) in [5, 5.41) is 18.1. The first-order chi connectivity index (χ1) is 19.0. The Kier molecular flexibility index (Phi) is 8.60. The van der Waals surface area contributed by atoms with Crippen molar-refractivity contribution in [3.05, 3.63) is 72.4 Å². The van der Waals surface area contributed by atoms with E-state index in [1.165, 1.54) is 6.07 Å². The Bertz CT molecular complexity index is 1250. The van der Waals surface area contributed by atoms with Crippen LogP contribution < -0.4 is 10.6 Å². The van der Waals surface area contributed by atoms with Gasteiger partial charge in [0, 0.05) is 44.9 Å². The van der Waals surface area contributed by atoms with Crippen LogP contribution in [-0.2, 0) is 4.74 Å².